The first-order valence-corrected chi connectivity index (χ1v) is 8.12. The van der Waals surface area contributed by atoms with Crippen LogP contribution in [0, 0.1) is 18.6 Å². The Bertz CT molecular complexity index is 1160. The van der Waals surface area contributed by atoms with Crippen molar-refractivity contribution in [3.05, 3.63) is 77.5 Å². The molecule has 0 aliphatic rings. The van der Waals surface area contributed by atoms with Crippen LogP contribution in [0.2, 0.25) is 0 Å². The van der Waals surface area contributed by atoms with Crippen molar-refractivity contribution >= 4 is 22.7 Å². The molecule has 0 radical (unpaired) electrons. The molecule has 4 aromatic rings. The molecular weight excluding hydrogens is 352 g/mol. The van der Waals surface area contributed by atoms with Gasteiger partial charge in [0.15, 0.2) is 11.6 Å². The quantitative estimate of drug-likeness (QED) is 0.570. The van der Waals surface area contributed by atoms with Gasteiger partial charge in [0.2, 0.25) is 0 Å². The zero-order chi connectivity index (χ0) is 19.0. The Hall–Kier alpha value is -3.61. The number of carbonyl (C=O) groups excluding carboxylic acids is 1. The predicted octanol–water partition coefficient (Wildman–Crippen LogP) is 4.73. The molecule has 5 nitrogen and oxygen atoms in total. The molecule has 0 saturated heterocycles. The molecule has 0 aliphatic carbocycles. The van der Waals surface area contributed by atoms with Crippen molar-refractivity contribution in [3.63, 3.8) is 0 Å². The number of amides is 1. The lowest BCUT2D eigenvalue weighted by Crippen LogP contribution is -2.13. The number of anilines is 1. The number of benzene rings is 2. The summed E-state index contributed by atoms with van der Waals surface area (Å²) in [6.07, 6.45) is 0. The summed E-state index contributed by atoms with van der Waals surface area (Å²) >= 11 is 0. The number of halogens is 2. The average Bonchev–Trinajstić information content (AvgIpc) is 3.06. The number of pyridine rings is 1. The molecule has 1 N–H and O–H groups in total. The van der Waals surface area contributed by atoms with Crippen molar-refractivity contribution in [2.24, 2.45) is 0 Å². The highest BCUT2D eigenvalue weighted by molar-refractivity contribution is 6.13. The van der Waals surface area contributed by atoms with E-state index in [1.807, 2.05) is 30.3 Å². The Morgan fingerprint density at radius 3 is 2.56 bits per heavy atom. The summed E-state index contributed by atoms with van der Waals surface area (Å²) in [7, 11) is 0. The zero-order valence-corrected chi connectivity index (χ0v) is 14.2. The van der Waals surface area contributed by atoms with Crippen LogP contribution in [0.5, 0.6) is 0 Å². The van der Waals surface area contributed by atoms with Gasteiger partial charge in [0.1, 0.15) is 0 Å². The van der Waals surface area contributed by atoms with E-state index in [1.54, 1.807) is 13.0 Å². The summed E-state index contributed by atoms with van der Waals surface area (Å²) in [6, 6.07) is 14.1. The van der Waals surface area contributed by atoms with Gasteiger partial charge in [-0.25, -0.2) is 13.8 Å². The Balaban J connectivity index is 1.80. The number of aryl methyl sites for hydroxylation is 1. The molecule has 0 saturated carbocycles. The second-order valence-corrected chi connectivity index (χ2v) is 5.95. The van der Waals surface area contributed by atoms with Crippen molar-refractivity contribution in [1.29, 1.82) is 0 Å². The van der Waals surface area contributed by atoms with Crippen LogP contribution in [0.3, 0.4) is 0 Å². The van der Waals surface area contributed by atoms with Gasteiger partial charge in [-0.3, -0.25) is 4.79 Å². The minimum Gasteiger partial charge on any atom is -0.335 e. The summed E-state index contributed by atoms with van der Waals surface area (Å²) < 4.78 is 31.8. The lowest BCUT2D eigenvalue weighted by atomic mass is 10.0. The number of nitrogens with one attached hydrogen (secondary N) is 1. The number of hydrogen-bond acceptors (Lipinski definition) is 4. The highest BCUT2D eigenvalue weighted by atomic mass is 19.2. The molecule has 2 aromatic heterocycles. The van der Waals surface area contributed by atoms with Gasteiger partial charge in [0, 0.05) is 17.3 Å². The third-order valence-corrected chi connectivity index (χ3v) is 4.11. The van der Waals surface area contributed by atoms with Crippen molar-refractivity contribution in [2.75, 3.05) is 5.32 Å². The van der Waals surface area contributed by atoms with Gasteiger partial charge < -0.3 is 9.84 Å². The zero-order valence-electron chi connectivity index (χ0n) is 14.2. The van der Waals surface area contributed by atoms with Gasteiger partial charge in [0.25, 0.3) is 11.6 Å². The van der Waals surface area contributed by atoms with E-state index in [2.05, 4.69) is 15.5 Å². The first kappa shape index (κ1) is 16.8. The van der Waals surface area contributed by atoms with Crippen molar-refractivity contribution in [3.8, 4) is 11.3 Å². The molecule has 2 heterocycles. The number of nitrogens with zero attached hydrogens (tertiary/aromatic N) is 2. The fourth-order valence-electron chi connectivity index (χ4n) is 2.80. The molecule has 134 valence electrons. The van der Waals surface area contributed by atoms with Gasteiger partial charge in [-0.05, 0) is 25.1 Å². The molecule has 7 heteroatoms. The van der Waals surface area contributed by atoms with Crippen LogP contribution in [-0.4, -0.2) is 16.0 Å². The van der Waals surface area contributed by atoms with Gasteiger partial charge >= 0.3 is 0 Å². The van der Waals surface area contributed by atoms with Gasteiger partial charge in [-0.15, -0.1) is 0 Å². The number of aromatic nitrogens is 2. The molecule has 4 rings (SSSR count). The normalized spacial score (nSPS) is 10.9. The molecule has 0 spiro atoms. The number of carbonyl (C=O) groups is 1. The largest absolute Gasteiger partial charge is 0.335 e. The van der Waals surface area contributed by atoms with Crippen LogP contribution < -0.4 is 5.32 Å². The second-order valence-electron chi connectivity index (χ2n) is 5.95. The lowest BCUT2D eigenvalue weighted by molar-refractivity contribution is 0.102. The summed E-state index contributed by atoms with van der Waals surface area (Å²) in [5.41, 5.74) is 2.49. The molecule has 0 atom stereocenters. The SMILES string of the molecule is Cc1noc2nc(-c3ccccc3)cc(C(=O)Nc3ccc(F)c(F)c3)c12. The lowest BCUT2D eigenvalue weighted by Gasteiger charge is -2.09. The Morgan fingerprint density at radius 1 is 1.04 bits per heavy atom. The first-order valence-electron chi connectivity index (χ1n) is 8.12. The molecular formula is C20H13F2N3O2. The molecule has 0 bridgehead atoms. The van der Waals surface area contributed by atoms with Crippen molar-refractivity contribution in [1.82, 2.24) is 10.1 Å². The van der Waals surface area contributed by atoms with E-state index < -0.39 is 17.5 Å². The van der Waals surface area contributed by atoms with Crippen molar-refractivity contribution in [2.45, 2.75) is 6.92 Å². The van der Waals surface area contributed by atoms with Crippen LogP contribution in [0.15, 0.2) is 59.1 Å². The first-order chi connectivity index (χ1) is 13.0. The molecule has 0 aliphatic heterocycles. The molecule has 0 unspecified atom stereocenters. The third-order valence-electron chi connectivity index (χ3n) is 4.11. The summed E-state index contributed by atoms with van der Waals surface area (Å²) in [4.78, 5) is 17.3. The molecule has 1 amide bonds. The highest BCUT2D eigenvalue weighted by Crippen LogP contribution is 2.27. The number of rotatable bonds is 3. The van der Waals surface area contributed by atoms with E-state index in [0.29, 0.717) is 16.8 Å². The Labute approximate surface area is 152 Å². The fraction of sp³-hybridized carbons (Fsp3) is 0.0500. The maximum absolute atomic E-state index is 13.4. The Morgan fingerprint density at radius 2 is 1.81 bits per heavy atom. The molecule has 27 heavy (non-hydrogen) atoms. The predicted molar refractivity (Wildman–Crippen MR) is 96.3 cm³/mol. The average molecular weight is 365 g/mol. The summed E-state index contributed by atoms with van der Waals surface area (Å²) in [5.74, 6) is -2.53. The van der Waals surface area contributed by atoms with E-state index in [0.717, 1.165) is 17.7 Å². The smallest absolute Gasteiger partial charge is 0.259 e. The van der Waals surface area contributed by atoms with E-state index in [4.69, 9.17) is 4.52 Å². The van der Waals surface area contributed by atoms with E-state index in [1.165, 1.54) is 6.07 Å². The van der Waals surface area contributed by atoms with Gasteiger partial charge in [-0.1, -0.05) is 35.5 Å². The van der Waals surface area contributed by atoms with Gasteiger partial charge in [-0.2, -0.15) is 0 Å². The van der Waals surface area contributed by atoms with Crippen LogP contribution in [0.4, 0.5) is 14.5 Å². The van der Waals surface area contributed by atoms with E-state index >= 15 is 0 Å². The Kier molecular flexibility index (Phi) is 4.12. The highest BCUT2D eigenvalue weighted by Gasteiger charge is 2.20. The number of hydrogen-bond donors (Lipinski definition) is 1. The van der Waals surface area contributed by atoms with Crippen LogP contribution in [0.1, 0.15) is 16.1 Å². The molecule has 2 aromatic carbocycles. The van der Waals surface area contributed by atoms with Gasteiger partial charge in [0.05, 0.1) is 22.3 Å². The van der Waals surface area contributed by atoms with Crippen molar-refractivity contribution < 1.29 is 18.1 Å². The fourth-order valence-corrected chi connectivity index (χ4v) is 2.80. The van der Waals surface area contributed by atoms with E-state index in [9.17, 15) is 13.6 Å². The minimum absolute atomic E-state index is 0.138. The maximum Gasteiger partial charge on any atom is 0.259 e. The molecule has 0 fully saturated rings. The second kappa shape index (κ2) is 6.60. The summed E-state index contributed by atoms with van der Waals surface area (Å²) in [5, 5.41) is 6.92. The summed E-state index contributed by atoms with van der Waals surface area (Å²) in [6.45, 7) is 1.70. The van der Waals surface area contributed by atoms with Crippen LogP contribution in [-0.2, 0) is 0 Å². The monoisotopic (exact) mass is 365 g/mol. The third kappa shape index (κ3) is 3.15. The maximum atomic E-state index is 13.4. The van der Waals surface area contributed by atoms with E-state index in [-0.39, 0.29) is 17.0 Å². The topological polar surface area (TPSA) is 68.0 Å². The van der Waals surface area contributed by atoms with Crippen LogP contribution >= 0.6 is 0 Å². The van der Waals surface area contributed by atoms with Crippen LogP contribution in [0.25, 0.3) is 22.4 Å². The standard InChI is InChI=1S/C20H13F2N3O2/c1-11-18-14(19(26)23-13-7-8-15(21)16(22)9-13)10-17(24-20(18)27-25-11)12-5-3-2-4-6-12/h2-10H,1H3,(H,23,26). The number of fused-ring (bicyclic) bond motifs is 1. The minimum atomic E-state index is -1.04.